The molecule has 3 rings (SSSR count). The maximum Gasteiger partial charge on any atom is 0.416 e. The van der Waals surface area contributed by atoms with Gasteiger partial charge in [-0.1, -0.05) is 11.6 Å². The second-order valence-electron chi connectivity index (χ2n) is 8.82. The SMILES string of the molecule is COc1ccc(NC(=O)c2csc(-c3ccc(C(F)(F)F)cc3Cl)n2)cc1OCCN(C(C)C)C(C)C. The summed E-state index contributed by atoms with van der Waals surface area (Å²) in [7, 11) is 1.54. The van der Waals surface area contributed by atoms with Gasteiger partial charge in [0.1, 0.15) is 17.3 Å². The van der Waals surface area contributed by atoms with Crippen LogP contribution in [-0.4, -0.2) is 48.1 Å². The lowest BCUT2D eigenvalue weighted by Crippen LogP contribution is -2.39. The molecule has 0 aliphatic heterocycles. The van der Waals surface area contributed by atoms with Gasteiger partial charge in [-0.15, -0.1) is 11.3 Å². The fourth-order valence-corrected chi connectivity index (χ4v) is 4.97. The average Bonchev–Trinajstić information content (AvgIpc) is 3.31. The number of nitrogens with one attached hydrogen (secondary N) is 1. The van der Waals surface area contributed by atoms with Crippen molar-refractivity contribution in [3.05, 3.63) is 58.1 Å². The third kappa shape index (κ3) is 7.37. The number of amides is 1. The molecule has 0 radical (unpaired) electrons. The standard InChI is InChI=1S/C26H29ClF3N3O3S/c1-15(2)33(16(3)4)10-11-36-23-13-18(7-9-22(23)35-5)31-24(34)21-14-37-25(32-21)19-8-6-17(12-20(19)27)26(28,29)30/h6-9,12-16H,10-11H2,1-5H3,(H,31,34). The molecular weight excluding hydrogens is 527 g/mol. The molecule has 6 nitrogen and oxygen atoms in total. The number of benzene rings is 2. The molecule has 0 atom stereocenters. The van der Waals surface area contributed by atoms with E-state index in [1.165, 1.54) is 18.6 Å². The number of nitrogens with zero attached hydrogens (tertiary/aromatic N) is 2. The van der Waals surface area contributed by atoms with Gasteiger partial charge in [-0.05, 0) is 58.0 Å². The summed E-state index contributed by atoms with van der Waals surface area (Å²) in [6.07, 6.45) is -4.50. The Balaban J connectivity index is 1.71. The van der Waals surface area contributed by atoms with E-state index in [0.29, 0.717) is 46.4 Å². The van der Waals surface area contributed by atoms with E-state index in [1.54, 1.807) is 18.2 Å². The molecule has 0 saturated heterocycles. The van der Waals surface area contributed by atoms with Crippen molar-refractivity contribution in [3.8, 4) is 22.1 Å². The number of rotatable bonds is 10. The minimum atomic E-state index is -4.50. The molecule has 0 aliphatic rings. The topological polar surface area (TPSA) is 63.7 Å². The highest BCUT2D eigenvalue weighted by Crippen LogP contribution is 2.37. The van der Waals surface area contributed by atoms with E-state index in [-0.39, 0.29) is 10.7 Å². The zero-order valence-corrected chi connectivity index (χ0v) is 22.7. The number of hydrogen-bond donors (Lipinski definition) is 1. The first kappa shape index (κ1) is 28.7. The van der Waals surface area contributed by atoms with Crippen LogP contribution in [0.1, 0.15) is 43.7 Å². The molecule has 1 aromatic heterocycles. The van der Waals surface area contributed by atoms with Crippen molar-refractivity contribution in [3.63, 3.8) is 0 Å². The van der Waals surface area contributed by atoms with Crippen molar-refractivity contribution in [2.45, 2.75) is 46.0 Å². The predicted octanol–water partition coefficient (Wildman–Crippen LogP) is 7.24. The summed E-state index contributed by atoms with van der Waals surface area (Å²) in [4.78, 5) is 19.4. The fourth-order valence-electron chi connectivity index (χ4n) is 3.80. The maximum absolute atomic E-state index is 12.9. The largest absolute Gasteiger partial charge is 0.493 e. The van der Waals surface area contributed by atoms with Crippen LogP contribution < -0.4 is 14.8 Å². The normalized spacial score (nSPS) is 11.9. The van der Waals surface area contributed by atoms with E-state index in [0.717, 1.165) is 30.0 Å². The molecule has 0 unspecified atom stereocenters. The van der Waals surface area contributed by atoms with Crippen LogP contribution in [0.25, 0.3) is 10.6 Å². The highest BCUT2D eigenvalue weighted by atomic mass is 35.5. The molecule has 3 aromatic rings. The van der Waals surface area contributed by atoms with Gasteiger partial charge in [0.05, 0.1) is 17.7 Å². The number of ether oxygens (including phenoxy) is 2. The molecule has 11 heteroatoms. The van der Waals surface area contributed by atoms with Crippen molar-refractivity contribution >= 4 is 34.5 Å². The number of anilines is 1. The highest BCUT2D eigenvalue weighted by molar-refractivity contribution is 7.13. The summed E-state index contributed by atoms with van der Waals surface area (Å²) in [6, 6.07) is 8.82. The Morgan fingerprint density at radius 1 is 1.11 bits per heavy atom. The number of thiazole rings is 1. The summed E-state index contributed by atoms with van der Waals surface area (Å²) < 4.78 is 50.1. The first-order valence-corrected chi connectivity index (χ1v) is 12.9. The van der Waals surface area contributed by atoms with Crippen molar-refractivity contribution < 1.29 is 27.4 Å². The highest BCUT2D eigenvalue weighted by Gasteiger charge is 2.31. The van der Waals surface area contributed by atoms with Gasteiger partial charge in [0.15, 0.2) is 11.5 Å². The van der Waals surface area contributed by atoms with Crippen LogP contribution in [0.4, 0.5) is 18.9 Å². The lowest BCUT2D eigenvalue weighted by atomic mass is 10.1. The van der Waals surface area contributed by atoms with Gasteiger partial charge < -0.3 is 14.8 Å². The third-order valence-electron chi connectivity index (χ3n) is 5.62. The summed E-state index contributed by atoms with van der Waals surface area (Å²) in [5, 5.41) is 4.53. The van der Waals surface area contributed by atoms with Crippen LogP contribution in [0, 0.1) is 0 Å². The lowest BCUT2D eigenvalue weighted by molar-refractivity contribution is -0.137. The second kappa shape index (κ2) is 12.1. The average molecular weight is 556 g/mol. The van der Waals surface area contributed by atoms with Gasteiger partial charge in [-0.25, -0.2) is 4.98 Å². The van der Waals surface area contributed by atoms with Crippen LogP contribution in [0.3, 0.4) is 0 Å². The maximum atomic E-state index is 12.9. The smallest absolute Gasteiger partial charge is 0.416 e. The molecule has 1 amide bonds. The molecule has 37 heavy (non-hydrogen) atoms. The summed E-state index contributed by atoms with van der Waals surface area (Å²) in [6.45, 7) is 9.69. The molecular formula is C26H29ClF3N3O3S. The van der Waals surface area contributed by atoms with Gasteiger partial charge in [0, 0.05) is 41.3 Å². The molecule has 200 valence electrons. The number of methoxy groups -OCH3 is 1. The Kier molecular flexibility index (Phi) is 9.44. The zero-order chi connectivity index (χ0) is 27.3. The van der Waals surface area contributed by atoms with Crippen LogP contribution in [-0.2, 0) is 6.18 Å². The molecule has 0 saturated carbocycles. The fraction of sp³-hybridized carbons (Fsp3) is 0.385. The van der Waals surface area contributed by atoms with Crippen molar-refractivity contribution in [1.82, 2.24) is 9.88 Å². The summed E-state index contributed by atoms with van der Waals surface area (Å²) >= 11 is 7.18. The van der Waals surface area contributed by atoms with E-state index < -0.39 is 17.6 Å². The Morgan fingerprint density at radius 2 is 1.81 bits per heavy atom. The quantitative estimate of drug-likeness (QED) is 0.286. The third-order valence-corrected chi connectivity index (χ3v) is 6.81. The Hall–Kier alpha value is -2.82. The molecule has 0 fully saturated rings. The monoisotopic (exact) mass is 555 g/mol. The lowest BCUT2D eigenvalue weighted by Gasteiger charge is -2.30. The Labute approximate surface area is 223 Å². The van der Waals surface area contributed by atoms with E-state index in [1.807, 2.05) is 0 Å². The van der Waals surface area contributed by atoms with Crippen molar-refractivity contribution in [1.29, 1.82) is 0 Å². The number of halogens is 4. The minimum Gasteiger partial charge on any atom is -0.493 e. The number of carbonyl (C=O) groups excluding carboxylic acids is 1. The van der Waals surface area contributed by atoms with Crippen LogP contribution in [0.15, 0.2) is 41.8 Å². The molecule has 1 heterocycles. The molecule has 2 aromatic carbocycles. The first-order chi connectivity index (χ1) is 17.4. The Bertz CT molecular complexity index is 1220. The molecule has 0 bridgehead atoms. The van der Waals surface area contributed by atoms with E-state index in [2.05, 4.69) is 42.9 Å². The number of alkyl halides is 3. The van der Waals surface area contributed by atoms with E-state index in [4.69, 9.17) is 21.1 Å². The van der Waals surface area contributed by atoms with E-state index in [9.17, 15) is 18.0 Å². The van der Waals surface area contributed by atoms with Gasteiger partial charge in [-0.2, -0.15) is 13.2 Å². The zero-order valence-electron chi connectivity index (χ0n) is 21.1. The van der Waals surface area contributed by atoms with Crippen LogP contribution in [0.2, 0.25) is 5.02 Å². The van der Waals surface area contributed by atoms with E-state index >= 15 is 0 Å². The van der Waals surface area contributed by atoms with Crippen LogP contribution in [0.5, 0.6) is 11.5 Å². The number of hydrogen-bond acceptors (Lipinski definition) is 6. The van der Waals surface area contributed by atoms with Gasteiger partial charge in [0.2, 0.25) is 0 Å². The number of aromatic nitrogens is 1. The predicted molar refractivity (Wildman–Crippen MR) is 141 cm³/mol. The summed E-state index contributed by atoms with van der Waals surface area (Å²) in [5.41, 5.74) is 0.0522. The number of carbonyl (C=O) groups is 1. The van der Waals surface area contributed by atoms with Gasteiger partial charge >= 0.3 is 6.18 Å². The van der Waals surface area contributed by atoms with Crippen LogP contribution >= 0.6 is 22.9 Å². The Morgan fingerprint density at radius 3 is 2.41 bits per heavy atom. The first-order valence-electron chi connectivity index (χ1n) is 11.6. The second-order valence-corrected chi connectivity index (χ2v) is 10.1. The summed E-state index contributed by atoms with van der Waals surface area (Å²) in [5.74, 6) is 0.544. The minimum absolute atomic E-state index is 0.0958. The van der Waals surface area contributed by atoms with Crippen molar-refractivity contribution in [2.75, 3.05) is 25.6 Å². The molecule has 0 aliphatic carbocycles. The molecule has 0 spiro atoms. The molecule has 1 N–H and O–H groups in total. The van der Waals surface area contributed by atoms with Gasteiger partial charge in [0.25, 0.3) is 5.91 Å². The van der Waals surface area contributed by atoms with Crippen molar-refractivity contribution in [2.24, 2.45) is 0 Å². The van der Waals surface area contributed by atoms with Gasteiger partial charge in [-0.3, -0.25) is 9.69 Å².